The summed E-state index contributed by atoms with van der Waals surface area (Å²) in [5.74, 6) is 0.713. The number of hydrogen-bond acceptors (Lipinski definition) is 3. The molecule has 4 aromatic rings. The molecule has 34 heavy (non-hydrogen) atoms. The molecule has 0 aliphatic carbocycles. The molecule has 1 aromatic heterocycles. The van der Waals surface area contributed by atoms with E-state index in [-0.39, 0.29) is 0 Å². The molecule has 3 aromatic carbocycles. The third kappa shape index (κ3) is 4.79. The van der Waals surface area contributed by atoms with Gasteiger partial charge in [-0.15, -0.1) is 0 Å². The van der Waals surface area contributed by atoms with Gasteiger partial charge >= 0.3 is 0 Å². The standard InChI is InChI=1S/C30H30N4/c1-4-5-20-34-29(25-14-10-7-11-15-25)28(24-12-8-6-9-13-24)27(21-31)30(34)32-22-23-16-18-26(19-17-23)33(2)3/h6-19,22H,4-5,20H2,1-3H3/b32-22+. The predicted molar refractivity (Wildman–Crippen MR) is 143 cm³/mol. The van der Waals surface area contributed by atoms with Crippen LogP contribution in [0.3, 0.4) is 0 Å². The fourth-order valence-corrected chi connectivity index (χ4v) is 4.16. The summed E-state index contributed by atoms with van der Waals surface area (Å²) in [6.45, 7) is 2.98. The summed E-state index contributed by atoms with van der Waals surface area (Å²) in [5, 5.41) is 10.3. The highest BCUT2D eigenvalue weighted by atomic mass is 15.1. The molecule has 0 amide bonds. The molecule has 0 spiro atoms. The Morgan fingerprint density at radius 2 is 1.50 bits per heavy atom. The van der Waals surface area contributed by atoms with Gasteiger partial charge in [-0.25, -0.2) is 4.99 Å². The van der Waals surface area contributed by atoms with Gasteiger partial charge in [0, 0.05) is 38.1 Å². The lowest BCUT2D eigenvalue weighted by Gasteiger charge is -2.13. The molecule has 0 unspecified atom stereocenters. The summed E-state index contributed by atoms with van der Waals surface area (Å²) in [4.78, 5) is 6.98. The van der Waals surface area contributed by atoms with E-state index in [0.29, 0.717) is 11.4 Å². The number of nitriles is 1. The number of anilines is 1. The molecule has 170 valence electrons. The average Bonchev–Trinajstić information content (AvgIpc) is 3.20. The smallest absolute Gasteiger partial charge is 0.151 e. The van der Waals surface area contributed by atoms with E-state index >= 15 is 0 Å². The van der Waals surface area contributed by atoms with E-state index in [0.717, 1.165) is 53.0 Å². The predicted octanol–water partition coefficient (Wildman–Crippen LogP) is 7.31. The second-order valence-electron chi connectivity index (χ2n) is 8.52. The Kier molecular flexibility index (Phi) is 7.25. The molecule has 4 rings (SSSR count). The van der Waals surface area contributed by atoms with Crippen LogP contribution in [0, 0.1) is 11.3 Å². The van der Waals surface area contributed by atoms with Crippen molar-refractivity contribution in [3.63, 3.8) is 0 Å². The van der Waals surface area contributed by atoms with Crippen molar-refractivity contribution < 1.29 is 0 Å². The Labute approximate surface area is 202 Å². The lowest BCUT2D eigenvalue weighted by molar-refractivity contribution is 0.642. The lowest BCUT2D eigenvalue weighted by atomic mass is 9.98. The van der Waals surface area contributed by atoms with Crippen LogP contribution >= 0.6 is 0 Å². The van der Waals surface area contributed by atoms with Gasteiger partial charge in [-0.3, -0.25) is 0 Å². The third-order valence-electron chi connectivity index (χ3n) is 5.94. The van der Waals surface area contributed by atoms with Crippen LogP contribution in [-0.2, 0) is 6.54 Å². The van der Waals surface area contributed by atoms with Gasteiger partial charge in [-0.05, 0) is 35.2 Å². The quantitative estimate of drug-likeness (QED) is 0.266. The number of benzene rings is 3. The number of aliphatic imine (C=N–C) groups is 1. The first-order valence-corrected chi connectivity index (χ1v) is 11.7. The molecular weight excluding hydrogens is 416 g/mol. The number of aromatic nitrogens is 1. The number of unbranched alkanes of at least 4 members (excludes halogenated alkanes) is 1. The van der Waals surface area contributed by atoms with E-state index < -0.39 is 0 Å². The van der Waals surface area contributed by atoms with Crippen molar-refractivity contribution >= 4 is 17.7 Å². The van der Waals surface area contributed by atoms with Crippen LogP contribution in [0.15, 0.2) is 89.9 Å². The SMILES string of the molecule is CCCCn1c(/N=C/c2ccc(N(C)C)cc2)c(C#N)c(-c2ccccc2)c1-c1ccccc1. The summed E-state index contributed by atoms with van der Waals surface area (Å²) in [5.41, 5.74) is 6.86. The minimum Gasteiger partial charge on any atom is -0.378 e. The zero-order valence-electron chi connectivity index (χ0n) is 20.1. The average molecular weight is 447 g/mol. The van der Waals surface area contributed by atoms with E-state index in [9.17, 15) is 5.26 Å². The van der Waals surface area contributed by atoms with Gasteiger partial charge in [-0.2, -0.15) is 5.26 Å². The first kappa shape index (κ1) is 23.1. The van der Waals surface area contributed by atoms with Crippen LogP contribution in [-0.4, -0.2) is 24.9 Å². The maximum atomic E-state index is 10.3. The molecule has 0 saturated carbocycles. The molecule has 0 aliphatic rings. The minimum atomic E-state index is 0.613. The van der Waals surface area contributed by atoms with Gasteiger partial charge in [0.15, 0.2) is 5.82 Å². The van der Waals surface area contributed by atoms with Crippen LogP contribution in [0.4, 0.5) is 11.5 Å². The van der Waals surface area contributed by atoms with Crippen molar-refractivity contribution in [3.8, 4) is 28.5 Å². The highest BCUT2D eigenvalue weighted by molar-refractivity contribution is 5.92. The van der Waals surface area contributed by atoms with Crippen molar-refractivity contribution in [2.45, 2.75) is 26.3 Å². The largest absolute Gasteiger partial charge is 0.378 e. The summed E-state index contributed by atoms with van der Waals surface area (Å²) in [7, 11) is 4.05. The van der Waals surface area contributed by atoms with Crippen LogP contribution in [0.5, 0.6) is 0 Å². The van der Waals surface area contributed by atoms with Gasteiger partial charge < -0.3 is 9.47 Å². The molecule has 0 atom stereocenters. The van der Waals surface area contributed by atoms with Gasteiger partial charge in [-0.1, -0.05) is 86.1 Å². The second-order valence-corrected chi connectivity index (χ2v) is 8.52. The zero-order chi connectivity index (χ0) is 23.9. The monoisotopic (exact) mass is 446 g/mol. The number of hydrogen-bond donors (Lipinski definition) is 0. The maximum Gasteiger partial charge on any atom is 0.151 e. The van der Waals surface area contributed by atoms with Crippen molar-refractivity contribution in [3.05, 3.63) is 96.1 Å². The lowest BCUT2D eigenvalue weighted by Crippen LogP contribution is -2.08. The third-order valence-corrected chi connectivity index (χ3v) is 5.94. The zero-order valence-corrected chi connectivity index (χ0v) is 20.1. The summed E-state index contributed by atoms with van der Waals surface area (Å²) < 4.78 is 2.23. The Balaban J connectivity index is 1.93. The van der Waals surface area contributed by atoms with Gasteiger partial charge in [0.1, 0.15) is 11.6 Å². The van der Waals surface area contributed by atoms with E-state index in [1.165, 1.54) is 0 Å². The van der Waals surface area contributed by atoms with Crippen molar-refractivity contribution in [2.75, 3.05) is 19.0 Å². The van der Waals surface area contributed by atoms with Crippen molar-refractivity contribution in [1.82, 2.24) is 4.57 Å². The fraction of sp³-hybridized carbons (Fsp3) is 0.200. The van der Waals surface area contributed by atoms with Gasteiger partial charge in [0.2, 0.25) is 0 Å². The minimum absolute atomic E-state index is 0.613. The van der Waals surface area contributed by atoms with Crippen LogP contribution < -0.4 is 4.90 Å². The summed E-state index contributed by atoms with van der Waals surface area (Å²) in [6, 6.07) is 31.3. The molecule has 0 saturated heterocycles. The molecule has 0 bridgehead atoms. The molecule has 4 heteroatoms. The first-order chi connectivity index (χ1) is 16.6. The van der Waals surface area contributed by atoms with Crippen molar-refractivity contribution in [2.24, 2.45) is 4.99 Å². The van der Waals surface area contributed by atoms with Gasteiger partial charge in [0.25, 0.3) is 0 Å². The Morgan fingerprint density at radius 1 is 0.882 bits per heavy atom. The number of nitrogens with zero attached hydrogens (tertiary/aromatic N) is 4. The molecule has 4 nitrogen and oxygen atoms in total. The van der Waals surface area contributed by atoms with Crippen LogP contribution in [0.25, 0.3) is 22.4 Å². The molecular formula is C30H30N4. The maximum absolute atomic E-state index is 10.3. The highest BCUT2D eigenvalue weighted by Gasteiger charge is 2.24. The van der Waals surface area contributed by atoms with Gasteiger partial charge in [0.05, 0.1) is 5.69 Å². The normalized spacial score (nSPS) is 11.0. The first-order valence-electron chi connectivity index (χ1n) is 11.7. The molecule has 0 N–H and O–H groups in total. The highest BCUT2D eigenvalue weighted by Crippen LogP contribution is 2.42. The van der Waals surface area contributed by atoms with Crippen molar-refractivity contribution in [1.29, 1.82) is 5.26 Å². The summed E-state index contributed by atoms with van der Waals surface area (Å²) >= 11 is 0. The Bertz CT molecular complexity index is 1290. The number of rotatable bonds is 8. The Morgan fingerprint density at radius 3 is 2.06 bits per heavy atom. The van der Waals surface area contributed by atoms with E-state index in [1.807, 2.05) is 56.7 Å². The molecule has 0 fully saturated rings. The summed E-state index contributed by atoms with van der Waals surface area (Å²) in [6.07, 6.45) is 3.93. The van der Waals surface area contributed by atoms with E-state index in [4.69, 9.17) is 4.99 Å². The van der Waals surface area contributed by atoms with Crippen LogP contribution in [0.2, 0.25) is 0 Å². The van der Waals surface area contributed by atoms with Crippen LogP contribution in [0.1, 0.15) is 30.9 Å². The second kappa shape index (κ2) is 10.7. The van der Waals surface area contributed by atoms with E-state index in [1.54, 1.807) is 0 Å². The van der Waals surface area contributed by atoms with E-state index in [2.05, 4.69) is 71.0 Å². The molecule has 0 radical (unpaired) electrons. The fourth-order valence-electron chi connectivity index (χ4n) is 4.16. The Hall–Kier alpha value is -4.10. The molecule has 1 heterocycles. The topological polar surface area (TPSA) is 44.3 Å². The molecule has 0 aliphatic heterocycles.